The van der Waals surface area contributed by atoms with Crippen LogP contribution in [0.3, 0.4) is 0 Å². The molecule has 1 aliphatic heterocycles. The standard InChI is InChI=1S/C19H22N2O3S/c20-12-16-9-10-21(13-16)19(22)17-6-4-5-15(11-17)14-25(23,24)18-7-2-1-3-8-18/h1-8,11,16H,9-10,12-14,20H2. The van der Waals surface area contributed by atoms with Gasteiger partial charge >= 0.3 is 0 Å². The van der Waals surface area contributed by atoms with Crippen molar-refractivity contribution in [2.75, 3.05) is 19.6 Å². The first-order valence-electron chi connectivity index (χ1n) is 8.35. The second-order valence-corrected chi connectivity index (χ2v) is 8.40. The van der Waals surface area contributed by atoms with Crippen molar-refractivity contribution in [3.8, 4) is 0 Å². The van der Waals surface area contributed by atoms with Crippen LogP contribution in [0.5, 0.6) is 0 Å². The summed E-state index contributed by atoms with van der Waals surface area (Å²) < 4.78 is 25.0. The van der Waals surface area contributed by atoms with Gasteiger partial charge in [0.15, 0.2) is 9.84 Å². The summed E-state index contributed by atoms with van der Waals surface area (Å²) in [6, 6.07) is 15.2. The van der Waals surface area contributed by atoms with E-state index in [1.54, 1.807) is 59.5 Å². The van der Waals surface area contributed by atoms with Crippen LogP contribution in [0.2, 0.25) is 0 Å². The highest BCUT2D eigenvalue weighted by molar-refractivity contribution is 7.90. The number of benzene rings is 2. The number of carbonyl (C=O) groups is 1. The predicted octanol–water partition coefficient (Wildman–Crippen LogP) is 2.08. The highest BCUT2D eigenvalue weighted by Gasteiger charge is 2.26. The van der Waals surface area contributed by atoms with Gasteiger partial charge in [0.2, 0.25) is 0 Å². The number of carbonyl (C=O) groups excluding carboxylic acids is 1. The zero-order valence-electron chi connectivity index (χ0n) is 14.0. The molecular formula is C19H22N2O3S. The number of nitrogens with zero attached hydrogens (tertiary/aromatic N) is 1. The van der Waals surface area contributed by atoms with Gasteiger partial charge in [0.25, 0.3) is 5.91 Å². The first-order valence-corrected chi connectivity index (χ1v) is 10.0. The Morgan fingerprint density at radius 1 is 1.12 bits per heavy atom. The molecule has 5 nitrogen and oxygen atoms in total. The lowest BCUT2D eigenvalue weighted by Crippen LogP contribution is -2.29. The van der Waals surface area contributed by atoms with Crippen molar-refractivity contribution < 1.29 is 13.2 Å². The van der Waals surface area contributed by atoms with Gasteiger partial charge in [0.1, 0.15) is 0 Å². The van der Waals surface area contributed by atoms with Gasteiger partial charge in [-0.25, -0.2) is 8.42 Å². The Kier molecular flexibility index (Phi) is 5.20. The molecule has 1 amide bonds. The molecule has 132 valence electrons. The lowest BCUT2D eigenvalue weighted by Gasteiger charge is -2.17. The monoisotopic (exact) mass is 358 g/mol. The topological polar surface area (TPSA) is 80.5 Å². The van der Waals surface area contributed by atoms with Gasteiger partial charge in [-0.1, -0.05) is 30.3 Å². The number of amides is 1. The maximum atomic E-state index is 12.6. The zero-order chi connectivity index (χ0) is 17.9. The van der Waals surface area contributed by atoms with E-state index in [1.165, 1.54) is 0 Å². The maximum absolute atomic E-state index is 12.6. The molecule has 25 heavy (non-hydrogen) atoms. The summed E-state index contributed by atoms with van der Waals surface area (Å²) >= 11 is 0. The number of rotatable bonds is 5. The van der Waals surface area contributed by atoms with Gasteiger partial charge in [0.05, 0.1) is 10.6 Å². The normalized spacial score (nSPS) is 17.6. The summed E-state index contributed by atoms with van der Waals surface area (Å²) in [4.78, 5) is 14.7. The molecule has 3 rings (SSSR count). The molecule has 6 heteroatoms. The second kappa shape index (κ2) is 7.37. The van der Waals surface area contributed by atoms with Crippen LogP contribution in [0.4, 0.5) is 0 Å². The summed E-state index contributed by atoms with van der Waals surface area (Å²) in [5.41, 5.74) is 6.82. The van der Waals surface area contributed by atoms with Crippen LogP contribution in [0.25, 0.3) is 0 Å². The molecule has 1 aliphatic rings. The minimum atomic E-state index is -3.43. The Hall–Kier alpha value is -2.18. The minimum Gasteiger partial charge on any atom is -0.338 e. The average Bonchev–Trinajstić information content (AvgIpc) is 3.11. The summed E-state index contributed by atoms with van der Waals surface area (Å²) in [7, 11) is -3.43. The lowest BCUT2D eigenvalue weighted by atomic mass is 10.1. The molecular weight excluding hydrogens is 336 g/mol. The Morgan fingerprint density at radius 3 is 2.56 bits per heavy atom. The molecule has 0 radical (unpaired) electrons. The third-order valence-electron chi connectivity index (χ3n) is 4.54. The van der Waals surface area contributed by atoms with E-state index in [1.807, 2.05) is 0 Å². The molecule has 2 aromatic rings. The van der Waals surface area contributed by atoms with Crippen LogP contribution in [-0.2, 0) is 15.6 Å². The maximum Gasteiger partial charge on any atom is 0.253 e. The second-order valence-electron chi connectivity index (χ2n) is 6.41. The molecule has 1 heterocycles. The van der Waals surface area contributed by atoms with Gasteiger partial charge in [-0.3, -0.25) is 4.79 Å². The van der Waals surface area contributed by atoms with Crippen molar-refractivity contribution in [2.45, 2.75) is 17.1 Å². The van der Waals surface area contributed by atoms with E-state index in [0.29, 0.717) is 36.7 Å². The van der Waals surface area contributed by atoms with Gasteiger partial charge in [-0.15, -0.1) is 0 Å². The molecule has 0 aromatic heterocycles. The molecule has 0 aliphatic carbocycles. The number of nitrogens with two attached hydrogens (primary N) is 1. The zero-order valence-corrected chi connectivity index (χ0v) is 14.8. The molecule has 0 bridgehead atoms. The van der Waals surface area contributed by atoms with E-state index in [9.17, 15) is 13.2 Å². The van der Waals surface area contributed by atoms with Gasteiger partial charge < -0.3 is 10.6 Å². The highest BCUT2D eigenvalue weighted by Crippen LogP contribution is 2.20. The fraction of sp³-hybridized carbons (Fsp3) is 0.316. The Balaban J connectivity index is 1.77. The first-order chi connectivity index (χ1) is 12.0. The van der Waals surface area contributed by atoms with E-state index < -0.39 is 9.84 Å². The van der Waals surface area contributed by atoms with Crippen molar-refractivity contribution >= 4 is 15.7 Å². The summed E-state index contributed by atoms with van der Waals surface area (Å²) in [5.74, 6) is 0.171. The van der Waals surface area contributed by atoms with Crippen LogP contribution in [0.15, 0.2) is 59.5 Å². The van der Waals surface area contributed by atoms with Crippen molar-refractivity contribution in [1.29, 1.82) is 0 Å². The molecule has 2 N–H and O–H groups in total. The fourth-order valence-electron chi connectivity index (χ4n) is 3.12. The lowest BCUT2D eigenvalue weighted by molar-refractivity contribution is 0.0787. The van der Waals surface area contributed by atoms with Crippen LogP contribution < -0.4 is 5.73 Å². The van der Waals surface area contributed by atoms with Crippen molar-refractivity contribution in [2.24, 2.45) is 11.7 Å². The van der Waals surface area contributed by atoms with E-state index in [-0.39, 0.29) is 16.6 Å². The van der Waals surface area contributed by atoms with Gasteiger partial charge in [-0.2, -0.15) is 0 Å². The molecule has 0 saturated carbocycles. The molecule has 1 fully saturated rings. The van der Waals surface area contributed by atoms with Gasteiger partial charge in [-0.05, 0) is 48.7 Å². The van der Waals surface area contributed by atoms with E-state index in [2.05, 4.69) is 0 Å². The number of likely N-dealkylation sites (tertiary alicyclic amines) is 1. The summed E-state index contributed by atoms with van der Waals surface area (Å²) in [6.45, 7) is 1.95. The summed E-state index contributed by atoms with van der Waals surface area (Å²) in [5, 5.41) is 0. The third kappa shape index (κ3) is 4.08. The highest BCUT2D eigenvalue weighted by atomic mass is 32.2. The minimum absolute atomic E-state index is 0.0603. The smallest absolute Gasteiger partial charge is 0.253 e. The van der Waals surface area contributed by atoms with Crippen molar-refractivity contribution in [3.05, 3.63) is 65.7 Å². The molecule has 1 atom stereocenters. The Bertz CT molecular complexity index is 850. The van der Waals surface area contributed by atoms with Crippen molar-refractivity contribution in [1.82, 2.24) is 4.90 Å². The third-order valence-corrected chi connectivity index (χ3v) is 6.24. The Morgan fingerprint density at radius 2 is 1.88 bits per heavy atom. The van der Waals surface area contributed by atoms with E-state index in [4.69, 9.17) is 5.73 Å². The van der Waals surface area contributed by atoms with Gasteiger partial charge in [0, 0.05) is 18.7 Å². The van der Waals surface area contributed by atoms with E-state index >= 15 is 0 Å². The SMILES string of the molecule is NCC1CCN(C(=O)c2cccc(CS(=O)(=O)c3ccccc3)c2)C1. The van der Waals surface area contributed by atoms with Crippen LogP contribution in [-0.4, -0.2) is 38.9 Å². The molecule has 1 saturated heterocycles. The predicted molar refractivity (Wildman–Crippen MR) is 96.8 cm³/mol. The van der Waals surface area contributed by atoms with Crippen molar-refractivity contribution in [3.63, 3.8) is 0 Å². The molecule has 0 spiro atoms. The number of sulfone groups is 1. The van der Waals surface area contributed by atoms with Crippen LogP contribution in [0.1, 0.15) is 22.3 Å². The fourth-order valence-corrected chi connectivity index (χ4v) is 4.47. The summed E-state index contributed by atoms with van der Waals surface area (Å²) in [6.07, 6.45) is 0.921. The quantitative estimate of drug-likeness (QED) is 0.887. The first kappa shape index (κ1) is 17.6. The Labute approximate surface area is 148 Å². The number of hydrogen-bond acceptors (Lipinski definition) is 4. The van der Waals surface area contributed by atoms with Crippen LogP contribution in [0, 0.1) is 5.92 Å². The van der Waals surface area contributed by atoms with Crippen LogP contribution >= 0.6 is 0 Å². The molecule has 1 unspecified atom stereocenters. The number of hydrogen-bond donors (Lipinski definition) is 1. The largest absolute Gasteiger partial charge is 0.338 e. The van der Waals surface area contributed by atoms with E-state index in [0.717, 1.165) is 6.42 Å². The molecule has 2 aromatic carbocycles. The average molecular weight is 358 g/mol.